The molecule has 2 fully saturated rings. The maximum Gasteiger partial charge on any atom is 0.307 e. The number of carboxylic acid groups (broad SMARTS) is 1. The number of aliphatic carboxylic acids is 1. The Balaban J connectivity index is 1.85. The van der Waals surface area contributed by atoms with E-state index in [0.29, 0.717) is 19.5 Å². The number of rotatable bonds is 5. The van der Waals surface area contributed by atoms with Crippen molar-refractivity contribution in [2.24, 2.45) is 11.8 Å². The van der Waals surface area contributed by atoms with Gasteiger partial charge in [0.25, 0.3) is 0 Å². The van der Waals surface area contributed by atoms with Crippen molar-refractivity contribution < 1.29 is 19.4 Å². The fraction of sp³-hybridized carbons (Fsp3) is 0.833. The first-order valence-electron chi connectivity index (χ1n) is 6.26. The van der Waals surface area contributed by atoms with Gasteiger partial charge < -0.3 is 14.7 Å². The molecular formula is C12H19NO4. The SMILES string of the molecule is CCN(C[C@@H]1CCCO1)C(=O)[C@@H]1C[C@@H]1C(=O)O. The molecule has 1 saturated heterocycles. The molecule has 2 aliphatic rings. The van der Waals surface area contributed by atoms with Crippen LogP contribution < -0.4 is 0 Å². The summed E-state index contributed by atoms with van der Waals surface area (Å²) in [5, 5.41) is 8.82. The van der Waals surface area contributed by atoms with Gasteiger partial charge in [-0.15, -0.1) is 0 Å². The van der Waals surface area contributed by atoms with Crippen LogP contribution in [-0.4, -0.2) is 47.7 Å². The summed E-state index contributed by atoms with van der Waals surface area (Å²) in [6.45, 7) is 3.93. The number of carbonyl (C=O) groups is 2. The zero-order valence-corrected chi connectivity index (χ0v) is 10.1. The minimum absolute atomic E-state index is 0.0181. The molecule has 1 N–H and O–H groups in total. The highest BCUT2D eigenvalue weighted by atomic mass is 16.5. The molecule has 2 rings (SSSR count). The van der Waals surface area contributed by atoms with Crippen LogP contribution in [0.15, 0.2) is 0 Å². The molecule has 0 aromatic rings. The van der Waals surface area contributed by atoms with Crippen LogP contribution in [0.5, 0.6) is 0 Å². The molecule has 1 heterocycles. The van der Waals surface area contributed by atoms with Gasteiger partial charge in [0.15, 0.2) is 0 Å². The lowest BCUT2D eigenvalue weighted by Gasteiger charge is -2.24. The van der Waals surface area contributed by atoms with E-state index in [0.717, 1.165) is 19.4 Å². The summed E-state index contributed by atoms with van der Waals surface area (Å²) in [5.41, 5.74) is 0. The minimum atomic E-state index is -0.850. The second kappa shape index (κ2) is 5.04. The van der Waals surface area contributed by atoms with Gasteiger partial charge in [-0.25, -0.2) is 0 Å². The van der Waals surface area contributed by atoms with Gasteiger partial charge in [-0.1, -0.05) is 0 Å². The van der Waals surface area contributed by atoms with Gasteiger partial charge in [-0.05, 0) is 26.2 Å². The number of likely N-dealkylation sites (N-methyl/N-ethyl adjacent to an activating group) is 1. The predicted octanol–water partition coefficient (Wildman–Crippen LogP) is 0.735. The zero-order valence-electron chi connectivity index (χ0n) is 10.1. The van der Waals surface area contributed by atoms with Crippen LogP contribution in [-0.2, 0) is 14.3 Å². The second-order valence-electron chi connectivity index (χ2n) is 4.80. The van der Waals surface area contributed by atoms with Crippen LogP contribution in [0.1, 0.15) is 26.2 Å². The van der Waals surface area contributed by atoms with Crippen molar-refractivity contribution >= 4 is 11.9 Å². The van der Waals surface area contributed by atoms with E-state index < -0.39 is 11.9 Å². The number of nitrogens with zero attached hydrogens (tertiary/aromatic N) is 1. The summed E-state index contributed by atoms with van der Waals surface area (Å²) in [6, 6.07) is 0. The van der Waals surface area contributed by atoms with Gasteiger partial charge in [-0.2, -0.15) is 0 Å². The van der Waals surface area contributed by atoms with Crippen LogP contribution in [0.2, 0.25) is 0 Å². The molecule has 0 spiro atoms. The van der Waals surface area contributed by atoms with E-state index in [1.165, 1.54) is 0 Å². The molecule has 1 amide bonds. The van der Waals surface area contributed by atoms with Crippen LogP contribution in [0.25, 0.3) is 0 Å². The fourth-order valence-corrected chi connectivity index (χ4v) is 2.38. The Bertz CT molecular complexity index is 312. The predicted molar refractivity (Wildman–Crippen MR) is 60.5 cm³/mol. The normalized spacial score (nSPS) is 31.2. The summed E-state index contributed by atoms with van der Waals surface area (Å²) < 4.78 is 5.50. The van der Waals surface area contributed by atoms with Gasteiger partial charge in [0.1, 0.15) is 0 Å². The third kappa shape index (κ3) is 2.77. The van der Waals surface area contributed by atoms with Gasteiger partial charge in [0, 0.05) is 19.7 Å². The lowest BCUT2D eigenvalue weighted by Crippen LogP contribution is -2.38. The highest BCUT2D eigenvalue weighted by Crippen LogP contribution is 2.40. The van der Waals surface area contributed by atoms with Crippen molar-refractivity contribution in [1.82, 2.24) is 4.90 Å². The fourth-order valence-electron chi connectivity index (χ4n) is 2.38. The monoisotopic (exact) mass is 241 g/mol. The molecule has 0 aromatic carbocycles. The molecule has 1 aliphatic carbocycles. The third-order valence-electron chi connectivity index (χ3n) is 3.57. The number of hydrogen-bond donors (Lipinski definition) is 1. The zero-order chi connectivity index (χ0) is 12.4. The first-order chi connectivity index (χ1) is 8.13. The molecule has 17 heavy (non-hydrogen) atoms. The van der Waals surface area contributed by atoms with Crippen molar-refractivity contribution in [3.05, 3.63) is 0 Å². The molecule has 3 atom stereocenters. The molecule has 1 aliphatic heterocycles. The van der Waals surface area contributed by atoms with Crippen molar-refractivity contribution in [3.8, 4) is 0 Å². The average molecular weight is 241 g/mol. The molecule has 0 unspecified atom stereocenters. The minimum Gasteiger partial charge on any atom is -0.481 e. The summed E-state index contributed by atoms with van der Waals surface area (Å²) >= 11 is 0. The van der Waals surface area contributed by atoms with Crippen molar-refractivity contribution in [2.45, 2.75) is 32.3 Å². The van der Waals surface area contributed by atoms with E-state index in [4.69, 9.17) is 9.84 Å². The van der Waals surface area contributed by atoms with Gasteiger partial charge >= 0.3 is 5.97 Å². The van der Waals surface area contributed by atoms with E-state index in [9.17, 15) is 9.59 Å². The van der Waals surface area contributed by atoms with Gasteiger partial charge in [0.05, 0.1) is 17.9 Å². The Kier molecular flexibility index (Phi) is 3.66. The Labute approximate surface area is 101 Å². The largest absolute Gasteiger partial charge is 0.481 e. The average Bonchev–Trinajstić information content (AvgIpc) is 2.96. The topological polar surface area (TPSA) is 66.8 Å². The van der Waals surface area contributed by atoms with E-state index in [2.05, 4.69) is 0 Å². The lowest BCUT2D eigenvalue weighted by molar-refractivity contribution is -0.142. The number of carboxylic acids is 1. The van der Waals surface area contributed by atoms with E-state index >= 15 is 0 Å². The number of amides is 1. The van der Waals surface area contributed by atoms with Crippen LogP contribution in [0.4, 0.5) is 0 Å². The van der Waals surface area contributed by atoms with Crippen molar-refractivity contribution in [1.29, 1.82) is 0 Å². The number of hydrogen-bond acceptors (Lipinski definition) is 3. The molecule has 1 saturated carbocycles. The third-order valence-corrected chi connectivity index (χ3v) is 3.57. The van der Waals surface area contributed by atoms with Gasteiger partial charge in [-0.3, -0.25) is 9.59 Å². The van der Waals surface area contributed by atoms with Crippen LogP contribution >= 0.6 is 0 Å². The first kappa shape index (κ1) is 12.4. The Hall–Kier alpha value is -1.10. The molecular weight excluding hydrogens is 222 g/mol. The molecule has 0 radical (unpaired) electrons. The Morgan fingerprint density at radius 2 is 2.18 bits per heavy atom. The Morgan fingerprint density at radius 1 is 1.41 bits per heavy atom. The quantitative estimate of drug-likeness (QED) is 0.770. The maximum atomic E-state index is 12.0. The summed E-state index contributed by atoms with van der Waals surface area (Å²) in [6.07, 6.45) is 2.69. The molecule has 0 bridgehead atoms. The molecule has 5 heteroatoms. The van der Waals surface area contributed by atoms with E-state index in [1.54, 1.807) is 4.90 Å². The van der Waals surface area contributed by atoms with Crippen molar-refractivity contribution in [3.63, 3.8) is 0 Å². The summed E-state index contributed by atoms with van der Waals surface area (Å²) in [4.78, 5) is 24.5. The Morgan fingerprint density at radius 3 is 2.65 bits per heavy atom. The van der Waals surface area contributed by atoms with Crippen molar-refractivity contribution in [2.75, 3.05) is 19.7 Å². The first-order valence-corrected chi connectivity index (χ1v) is 6.26. The molecule has 96 valence electrons. The maximum absolute atomic E-state index is 12.0. The van der Waals surface area contributed by atoms with Gasteiger partial charge in [0.2, 0.25) is 5.91 Å². The summed E-state index contributed by atoms with van der Waals surface area (Å²) in [7, 11) is 0. The standard InChI is InChI=1S/C12H19NO4/c1-2-13(7-8-4-3-5-17-8)11(14)9-6-10(9)12(15)16/h8-10H,2-7H2,1H3,(H,15,16)/t8-,9+,10-/m0/s1. The molecule has 0 aromatic heterocycles. The highest BCUT2D eigenvalue weighted by Gasteiger charge is 2.49. The lowest BCUT2D eigenvalue weighted by atomic mass is 10.2. The van der Waals surface area contributed by atoms with Crippen LogP contribution in [0.3, 0.4) is 0 Å². The second-order valence-corrected chi connectivity index (χ2v) is 4.80. The molecule has 5 nitrogen and oxygen atoms in total. The smallest absolute Gasteiger partial charge is 0.307 e. The van der Waals surface area contributed by atoms with E-state index in [1.807, 2.05) is 6.92 Å². The summed E-state index contributed by atoms with van der Waals surface area (Å²) in [5.74, 6) is -1.62. The number of carbonyl (C=O) groups excluding carboxylic acids is 1. The van der Waals surface area contributed by atoms with Crippen LogP contribution in [0, 0.1) is 11.8 Å². The van der Waals surface area contributed by atoms with E-state index in [-0.39, 0.29) is 17.9 Å². The highest BCUT2D eigenvalue weighted by molar-refractivity contribution is 5.89. The number of ether oxygens (including phenoxy) is 1.